The van der Waals surface area contributed by atoms with Gasteiger partial charge in [-0.1, -0.05) is 0 Å². The quantitative estimate of drug-likeness (QED) is 0.856. The van der Waals surface area contributed by atoms with E-state index >= 15 is 0 Å². The van der Waals surface area contributed by atoms with Gasteiger partial charge in [0.2, 0.25) is 16.0 Å². The maximum Gasteiger partial charge on any atom is 0.223 e. The number of piperidine rings is 1. The summed E-state index contributed by atoms with van der Waals surface area (Å²) in [5.74, 6) is 1.45. The summed E-state index contributed by atoms with van der Waals surface area (Å²) in [6, 6.07) is 2.15. The zero-order valence-corrected chi connectivity index (χ0v) is 16.5. The summed E-state index contributed by atoms with van der Waals surface area (Å²) in [5.41, 5.74) is 1.75. The molecule has 1 saturated heterocycles. The van der Waals surface area contributed by atoms with Gasteiger partial charge >= 0.3 is 0 Å². The van der Waals surface area contributed by atoms with Gasteiger partial charge in [-0.25, -0.2) is 27.7 Å². The molecule has 0 radical (unpaired) electrons. The molecule has 3 heterocycles. The largest absolute Gasteiger partial charge is 0.350 e. The Balaban J connectivity index is 1.80. The van der Waals surface area contributed by atoms with Gasteiger partial charge in [-0.2, -0.15) is 0 Å². The van der Waals surface area contributed by atoms with Crippen LogP contribution in [0.1, 0.15) is 38.6 Å². The molecule has 0 saturated carbocycles. The lowest BCUT2D eigenvalue weighted by Gasteiger charge is -2.31. The fraction of sp³-hybridized carbons (Fsp3) is 0.588. The highest BCUT2D eigenvalue weighted by atomic mass is 32.2. The molecule has 1 fully saturated rings. The van der Waals surface area contributed by atoms with Crippen LogP contribution in [0.2, 0.25) is 0 Å². The number of aryl methyl sites for hydroxylation is 1. The first-order chi connectivity index (χ1) is 12.3. The zero-order valence-electron chi connectivity index (χ0n) is 15.7. The number of nitrogens with one attached hydrogen (secondary N) is 1. The molecule has 1 atom stereocenters. The van der Waals surface area contributed by atoms with Gasteiger partial charge in [0.15, 0.2) is 0 Å². The molecule has 2 aromatic rings. The van der Waals surface area contributed by atoms with Gasteiger partial charge < -0.3 is 9.88 Å². The molecular formula is C17H26N6O2S. The number of sulfonamides is 1. The Hall–Kier alpha value is -2.00. The fourth-order valence-corrected chi connectivity index (χ4v) is 4.32. The SMILES string of the molecule is Cc1ncc(-c2ccnc(N[C@H]3CCCN(S(C)(=O)=O)C3)n2)n1C(C)C. The normalized spacial score (nSPS) is 19.0. The first kappa shape index (κ1) is 18.8. The lowest BCUT2D eigenvalue weighted by atomic mass is 10.1. The molecule has 142 valence electrons. The van der Waals surface area contributed by atoms with Crippen LogP contribution in [0, 0.1) is 6.92 Å². The van der Waals surface area contributed by atoms with Crippen LogP contribution in [0.3, 0.4) is 0 Å². The Kier molecular flexibility index (Phi) is 5.29. The zero-order chi connectivity index (χ0) is 18.9. The molecule has 0 aromatic carbocycles. The highest BCUT2D eigenvalue weighted by Gasteiger charge is 2.26. The van der Waals surface area contributed by atoms with Crippen molar-refractivity contribution < 1.29 is 8.42 Å². The third-order valence-corrected chi connectivity index (χ3v) is 5.87. The van der Waals surface area contributed by atoms with Crippen molar-refractivity contribution >= 4 is 16.0 Å². The number of rotatable bonds is 5. The fourth-order valence-electron chi connectivity index (χ4n) is 3.41. The summed E-state index contributed by atoms with van der Waals surface area (Å²) in [4.78, 5) is 13.3. The Morgan fingerprint density at radius 2 is 2.08 bits per heavy atom. The lowest BCUT2D eigenvalue weighted by molar-refractivity contribution is 0.328. The molecule has 0 spiro atoms. The van der Waals surface area contributed by atoms with Gasteiger partial charge in [-0.15, -0.1) is 0 Å². The van der Waals surface area contributed by atoms with Crippen molar-refractivity contribution in [3.05, 3.63) is 24.3 Å². The first-order valence-corrected chi connectivity index (χ1v) is 10.7. The van der Waals surface area contributed by atoms with Gasteiger partial charge in [0.1, 0.15) is 5.82 Å². The predicted octanol–water partition coefficient (Wildman–Crippen LogP) is 2.07. The van der Waals surface area contributed by atoms with E-state index in [-0.39, 0.29) is 12.1 Å². The Labute approximate surface area is 154 Å². The number of nitrogens with zero attached hydrogens (tertiary/aromatic N) is 5. The number of hydrogen-bond donors (Lipinski definition) is 1. The van der Waals surface area contributed by atoms with E-state index in [0.717, 1.165) is 30.1 Å². The predicted molar refractivity (Wildman–Crippen MR) is 101 cm³/mol. The van der Waals surface area contributed by atoms with E-state index in [9.17, 15) is 8.42 Å². The first-order valence-electron chi connectivity index (χ1n) is 8.84. The van der Waals surface area contributed by atoms with Crippen LogP contribution in [0.4, 0.5) is 5.95 Å². The number of imidazole rings is 1. The molecule has 26 heavy (non-hydrogen) atoms. The number of hydrogen-bond acceptors (Lipinski definition) is 6. The number of anilines is 1. The van der Waals surface area contributed by atoms with Crippen LogP contribution in [0.25, 0.3) is 11.4 Å². The van der Waals surface area contributed by atoms with Crippen molar-refractivity contribution in [1.82, 2.24) is 23.8 Å². The molecule has 1 aliphatic heterocycles. The van der Waals surface area contributed by atoms with Crippen LogP contribution in [0.15, 0.2) is 18.5 Å². The van der Waals surface area contributed by atoms with Crippen LogP contribution in [-0.2, 0) is 10.0 Å². The van der Waals surface area contributed by atoms with Crippen molar-refractivity contribution in [2.45, 2.75) is 45.7 Å². The van der Waals surface area contributed by atoms with Crippen molar-refractivity contribution in [2.75, 3.05) is 24.7 Å². The van der Waals surface area contributed by atoms with Gasteiger partial charge in [0.05, 0.1) is 23.8 Å². The third kappa shape index (κ3) is 4.04. The molecule has 1 aliphatic rings. The molecule has 8 nitrogen and oxygen atoms in total. The number of aromatic nitrogens is 4. The van der Waals surface area contributed by atoms with Gasteiger partial charge in [0, 0.05) is 31.4 Å². The summed E-state index contributed by atoms with van der Waals surface area (Å²) in [7, 11) is -3.17. The minimum Gasteiger partial charge on any atom is -0.350 e. The van der Waals surface area contributed by atoms with E-state index in [1.165, 1.54) is 10.6 Å². The smallest absolute Gasteiger partial charge is 0.223 e. The Morgan fingerprint density at radius 1 is 1.31 bits per heavy atom. The van der Waals surface area contributed by atoms with Gasteiger partial charge in [-0.05, 0) is 39.7 Å². The molecule has 3 rings (SSSR count). The minimum absolute atomic E-state index is 0.00507. The maximum absolute atomic E-state index is 11.8. The second kappa shape index (κ2) is 7.32. The van der Waals surface area contributed by atoms with Gasteiger partial charge in [0.25, 0.3) is 0 Å². The standard InChI is InChI=1S/C17H26N6O2S/c1-12(2)23-13(3)19-10-16(23)15-7-8-18-17(21-15)20-14-6-5-9-22(11-14)26(4,24)25/h7-8,10,12,14H,5-6,9,11H2,1-4H3,(H,18,20,21)/t14-/m0/s1. The van der Waals surface area contributed by atoms with Crippen molar-refractivity contribution in [2.24, 2.45) is 0 Å². The van der Waals surface area contributed by atoms with Crippen LogP contribution >= 0.6 is 0 Å². The van der Waals surface area contributed by atoms with E-state index in [1.54, 1.807) is 6.20 Å². The highest BCUT2D eigenvalue weighted by molar-refractivity contribution is 7.88. The van der Waals surface area contributed by atoms with E-state index in [4.69, 9.17) is 0 Å². The maximum atomic E-state index is 11.8. The second-order valence-electron chi connectivity index (χ2n) is 7.02. The molecule has 0 unspecified atom stereocenters. The Bertz CT molecular complexity index is 877. The summed E-state index contributed by atoms with van der Waals surface area (Å²) in [6.45, 7) is 7.21. The third-order valence-electron chi connectivity index (χ3n) is 4.60. The average molecular weight is 379 g/mol. The lowest BCUT2D eigenvalue weighted by Crippen LogP contribution is -2.44. The summed E-state index contributed by atoms with van der Waals surface area (Å²) in [5, 5.41) is 3.29. The molecule has 9 heteroatoms. The van der Waals surface area contributed by atoms with E-state index in [0.29, 0.717) is 19.0 Å². The van der Waals surface area contributed by atoms with Gasteiger partial charge in [-0.3, -0.25) is 0 Å². The van der Waals surface area contributed by atoms with Crippen LogP contribution in [0.5, 0.6) is 0 Å². The molecule has 0 bridgehead atoms. The monoisotopic (exact) mass is 378 g/mol. The molecular weight excluding hydrogens is 352 g/mol. The van der Waals surface area contributed by atoms with Crippen molar-refractivity contribution in [3.8, 4) is 11.4 Å². The topological polar surface area (TPSA) is 93.0 Å². The van der Waals surface area contributed by atoms with Crippen molar-refractivity contribution in [3.63, 3.8) is 0 Å². The van der Waals surface area contributed by atoms with E-state index in [1.807, 2.05) is 19.2 Å². The average Bonchev–Trinajstić information content (AvgIpc) is 2.96. The summed E-state index contributed by atoms with van der Waals surface area (Å²) >= 11 is 0. The second-order valence-corrected chi connectivity index (χ2v) is 9.01. The Morgan fingerprint density at radius 3 is 2.77 bits per heavy atom. The van der Waals surface area contributed by atoms with E-state index in [2.05, 4.69) is 38.7 Å². The van der Waals surface area contributed by atoms with E-state index < -0.39 is 10.0 Å². The molecule has 0 amide bonds. The minimum atomic E-state index is -3.17. The van der Waals surface area contributed by atoms with Crippen LogP contribution in [-0.4, -0.2) is 57.6 Å². The van der Waals surface area contributed by atoms with Crippen molar-refractivity contribution in [1.29, 1.82) is 0 Å². The summed E-state index contributed by atoms with van der Waals surface area (Å²) < 4.78 is 27.2. The molecule has 1 N–H and O–H groups in total. The molecule has 0 aliphatic carbocycles. The molecule has 2 aromatic heterocycles. The van der Waals surface area contributed by atoms with Crippen LogP contribution < -0.4 is 5.32 Å². The summed E-state index contributed by atoms with van der Waals surface area (Å²) in [6.07, 6.45) is 6.51. The highest BCUT2D eigenvalue weighted by Crippen LogP contribution is 2.24.